The molecule has 2 aromatic heterocycles. The molecule has 1 nitrogen and oxygen atoms in total. The topological polar surface area (TPSA) is 12.0 Å². The van der Waals surface area contributed by atoms with E-state index in [1.54, 1.807) is 22.7 Å². The number of rotatable bonds is 3. The van der Waals surface area contributed by atoms with E-state index >= 15 is 0 Å². The standard InChI is InChI=1S/C10H7Br4NS2/c1-15-8(6-2-4(11)9(13)16-6)7-3-5(12)10(14)17-7/h2-3,8,15H,1H3. The van der Waals surface area contributed by atoms with Gasteiger partial charge in [0.2, 0.25) is 0 Å². The third-order valence-corrected chi connectivity index (χ3v) is 8.83. The van der Waals surface area contributed by atoms with Gasteiger partial charge in [-0.3, -0.25) is 0 Å². The maximum absolute atomic E-state index is 3.53. The molecule has 0 saturated heterocycles. The van der Waals surface area contributed by atoms with Gasteiger partial charge in [0.05, 0.1) is 13.6 Å². The van der Waals surface area contributed by atoms with Crippen molar-refractivity contribution in [3.8, 4) is 0 Å². The normalized spacial score (nSPS) is 11.4. The Morgan fingerprint density at radius 3 is 1.59 bits per heavy atom. The highest BCUT2D eigenvalue weighted by Gasteiger charge is 2.19. The van der Waals surface area contributed by atoms with Crippen LogP contribution in [0.5, 0.6) is 0 Å². The van der Waals surface area contributed by atoms with Gasteiger partial charge >= 0.3 is 0 Å². The van der Waals surface area contributed by atoms with E-state index in [1.807, 2.05) is 7.05 Å². The van der Waals surface area contributed by atoms with Crippen LogP contribution in [0.3, 0.4) is 0 Å². The third kappa shape index (κ3) is 3.24. The molecule has 0 fully saturated rings. The Hall–Kier alpha value is 1.28. The van der Waals surface area contributed by atoms with Gasteiger partial charge in [0.15, 0.2) is 0 Å². The lowest BCUT2D eigenvalue weighted by Gasteiger charge is -2.11. The van der Waals surface area contributed by atoms with Crippen LogP contribution >= 0.6 is 86.4 Å². The average molecular weight is 525 g/mol. The molecule has 1 N–H and O–H groups in total. The average Bonchev–Trinajstić information content (AvgIpc) is 2.75. The summed E-state index contributed by atoms with van der Waals surface area (Å²) in [6, 6.07) is 4.53. The van der Waals surface area contributed by atoms with Gasteiger partial charge < -0.3 is 5.32 Å². The van der Waals surface area contributed by atoms with Crippen molar-refractivity contribution in [1.82, 2.24) is 5.32 Å². The van der Waals surface area contributed by atoms with Crippen LogP contribution in [-0.2, 0) is 0 Å². The molecule has 0 aromatic carbocycles. The monoisotopic (exact) mass is 521 g/mol. The summed E-state index contributed by atoms with van der Waals surface area (Å²) in [5.74, 6) is 0. The predicted molar refractivity (Wildman–Crippen MR) is 90.3 cm³/mol. The Balaban J connectivity index is 2.39. The van der Waals surface area contributed by atoms with Crippen LogP contribution < -0.4 is 5.32 Å². The van der Waals surface area contributed by atoms with Crippen molar-refractivity contribution in [2.24, 2.45) is 0 Å². The minimum absolute atomic E-state index is 0.232. The Morgan fingerprint density at radius 2 is 1.35 bits per heavy atom. The van der Waals surface area contributed by atoms with Crippen molar-refractivity contribution in [1.29, 1.82) is 0 Å². The summed E-state index contributed by atoms with van der Waals surface area (Å²) < 4.78 is 4.46. The highest BCUT2D eigenvalue weighted by atomic mass is 79.9. The van der Waals surface area contributed by atoms with E-state index in [2.05, 4.69) is 81.2 Å². The summed E-state index contributed by atoms with van der Waals surface area (Å²) in [6.45, 7) is 0. The predicted octanol–water partition coefficient (Wildman–Crippen LogP) is 6.17. The van der Waals surface area contributed by atoms with Gasteiger partial charge in [-0.15, -0.1) is 22.7 Å². The molecular weight excluding hydrogens is 518 g/mol. The maximum atomic E-state index is 3.53. The van der Waals surface area contributed by atoms with E-state index in [0.717, 1.165) is 16.5 Å². The number of hydrogen-bond donors (Lipinski definition) is 1. The molecule has 0 aliphatic rings. The SMILES string of the molecule is CNC(c1cc(Br)c(Br)s1)c1cc(Br)c(Br)s1. The van der Waals surface area contributed by atoms with Crippen LogP contribution in [0.25, 0.3) is 0 Å². The minimum Gasteiger partial charge on any atom is -0.308 e. The van der Waals surface area contributed by atoms with Gasteiger partial charge in [-0.2, -0.15) is 0 Å². The van der Waals surface area contributed by atoms with Crippen LogP contribution in [0.15, 0.2) is 28.7 Å². The first-order valence-corrected chi connectivity index (χ1v) is 9.40. The molecule has 17 heavy (non-hydrogen) atoms. The number of thiophene rings is 2. The summed E-state index contributed by atoms with van der Waals surface area (Å²) in [5, 5.41) is 3.35. The molecule has 2 rings (SSSR count). The van der Waals surface area contributed by atoms with Gasteiger partial charge in [0, 0.05) is 18.7 Å². The quantitative estimate of drug-likeness (QED) is 0.506. The van der Waals surface area contributed by atoms with Gasteiger partial charge in [-0.1, -0.05) is 0 Å². The zero-order chi connectivity index (χ0) is 12.6. The second-order valence-electron chi connectivity index (χ2n) is 3.26. The third-order valence-electron chi connectivity index (χ3n) is 2.19. The molecule has 0 radical (unpaired) electrons. The molecular formula is C10H7Br4NS2. The first-order valence-electron chi connectivity index (χ1n) is 4.59. The molecule has 92 valence electrons. The van der Waals surface area contributed by atoms with Crippen LogP contribution in [0, 0.1) is 0 Å². The molecule has 7 heteroatoms. The maximum Gasteiger partial charge on any atom is 0.0843 e. The smallest absolute Gasteiger partial charge is 0.0843 e. The van der Waals surface area contributed by atoms with Crippen LogP contribution in [-0.4, -0.2) is 7.05 Å². The number of halogens is 4. The largest absolute Gasteiger partial charge is 0.308 e. The van der Waals surface area contributed by atoms with E-state index < -0.39 is 0 Å². The molecule has 0 aliphatic heterocycles. The zero-order valence-corrected chi connectivity index (χ0v) is 16.5. The molecule has 0 unspecified atom stereocenters. The molecule has 2 aromatic rings. The second kappa shape index (κ2) is 6.15. The lowest BCUT2D eigenvalue weighted by Crippen LogP contribution is -2.14. The summed E-state index contributed by atoms with van der Waals surface area (Å²) in [7, 11) is 1.98. The summed E-state index contributed by atoms with van der Waals surface area (Å²) in [5.41, 5.74) is 0. The fourth-order valence-electron chi connectivity index (χ4n) is 1.44. The van der Waals surface area contributed by atoms with Gasteiger partial charge in [0.1, 0.15) is 0 Å². The molecule has 2 heterocycles. The lowest BCUT2D eigenvalue weighted by atomic mass is 10.2. The lowest BCUT2D eigenvalue weighted by molar-refractivity contribution is 0.716. The molecule has 0 spiro atoms. The highest BCUT2D eigenvalue weighted by molar-refractivity contribution is 9.13. The molecule has 0 saturated carbocycles. The Kier molecular flexibility index (Phi) is 5.32. The fraction of sp³-hybridized carbons (Fsp3) is 0.200. The summed E-state index contributed by atoms with van der Waals surface area (Å²) in [6.07, 6.45) is 0. The van der Waals surface area contributed by atoms with Crippen LogP contribution in [0.4, 0.5) is 0 Å². The van der Waals surface area contributed by atoms with E-state index in [1.165, 1.54) is 9.75 Å². The number of nitrogens with one attached hydrogen (secondary N) is 1. The second-order valence-corrected chi connectivity index (χ2v) is 9.77. The Morgan fingerprint density at radius 1 is 0.941 bits per heavy atom. The summed E-state index contributed by atoms with van der Waals surface area (Å²) in [4.78, 5) is 2.57. The van der Waals surface area contributed by atoms with Crippen LogP contribution in [0.1, 0.15) is 15.8 Å². The van der Waals surface area contributed by atoms with E-state index in [9.17, 15) is 0 Å². The van der Waals surface area contributed by atoms with Gasteiger partial charge in [-0.25, -0.2) is 0 Å². The summed E-state index contributed by atoms with van der Waals surface area (Å²) >= 11 is 17.6. The van der Waals surface area contributed by atoms with Gasteiger partial charge in [-0.05, 0) is 82.9 Å². The van der Waals surface area contributed by atoms with Crippen molar-refractivity contribution in [2.45, 2.75) is 6.04 Å². The fourth-order valence-corrected chi connectivity index (χ4v) is 5.95. The van der Waals surface area contributed by atoms with E-state index in [4.69, 9.17) is 0 Å². The Bertz CT molecular complexity index is 449. The molecule has 0 bridgehead atoms. The van der Waals surface area contributed by atoms with Gasteiger partial charge in [0.25, 0.3) is 0 Å². The zero-order valence-electron chi connectivity index (χ0n) is 8.56. The Labute approximate surface area is 142 Å². The van der Waals surface area contributed by atoms with E-state index in [-0.39, 0.29) is 6.04 Å². The molecule has 0 amide bonds. The van der Waals surface area contributed by atoms with Crippen molar-refractivity contribution in [3.63, 3.8) is 0 Å². The number of hydrogen-bond acceptors (Lipinski definition) is 3. The molecule has 0 atom stereocenters. The van der Waals surface area contributed by atoms with Crippen molar-refractivity contribution < 1.29 is 0 Å². The first kappa shape index (κ1) is 14.7. The van der Waals surface area contributed by atoms with Crippen molar-refractivity contribution in [2.75, 3.05) is 7.05 Å². The first-order chi connectivity index (χ1) is 8.02. The van der Waals surface area contributed by atoms with Crippen LogP contribution in [0.2, 0.25) is 0 Å². The van der Waals surface area contributed by atoms with Crippen molar-refractivity contribution in [3.05, 3.63) is 38.4 Å². The molecule has 0 aliphatic carbocycles. The van der Waals surface area contributed by atoms with Crippen molar-refractivity contribution >= 4 is 86.4 Å². The highest BCUT2D eigenvalue weighted by Crippen LogP contribution is 2.42. The minimum atomic E-state index is 0.232. The van der Waals surface area contributed by atoms with E-state index in [0.29, 0.717) is 0 Å².